The van der Waals surface area contributed by atoms with Gasteiger partial charge in [0.2, 0.25) is 0 Å². The van der Waals surface area contributed by atoms with E-state index in [9.17, 15) is 4.79 Å². The molecule has 19 heavy (non-hydrogen) atoms. The van der Waals surface area contributed by atoms with E-state index in [0.29, 0.717) is 16.9 Å². The number of ether oxygens (including phenoxy) is 1. The van der Waals surface area contributed by atoms with E-state index in [1.807, 2.05) is 11.5 Å². The second kappa shape index (κ2) is 5.71. The molecule has 1 heterocycles. The fourth-order valence-electron chi connectivity index (χ4n) is 1.53. The molecule has 0 saturated carbocycles. The minimum absolute atomic E-state index is 0.110. The van der Waals surface area contributed by atoms with Gasteiger partial charge in [-0.1, -0.05) is 6.07 Å². The van der Waals surface area contributed by atoms with Crippen molar-refractivity contribution in [2.45, 2.75) is 6.61 Å². The van der Waals surface area contributed by atoms with Crippen molar-refractivity contribution in [2.75, 3.05) is 0 Å². The molecular weight excluding hydrogens is 246 g/mol. The maximum atomic E-state index is 11.4. The first kappa shape index (κ1) is 12.7. The van der Waals surface area contributed by atoms with E-state index >= 15 is 0 Å². The van der Waals surface area contributed by atoms with Gasteiger partial charge in [-0.05, 0) is 24.3 Å². The molecule has 0 unspecified atom stereocenters. The molecule has 3 N–H and O–H groups in total. The second-order valence-electron chi connectivity index (χ2n) is 3.68. The lowest BCUT2D eigenvalue weighted by molar-refractivity contribution is 0.0922. The Bertz CT molecular complexity index is 628. The number of hydrogen-bond donors (Lipinski definition) is 2. The first-order chi connectivity index (χ1) is 9.24. The van der Waals surface area contributed by atoms with Crippen LogP contribution in [0.1, 0.15) is 21.7 Å². The number of benzene rings is 1. The number of nitriles is 1. The normalized spacial score (nSPS) is 9.68. The third kappa shape index (κ3) is 2.91. The van der Waals surface area contributed by atoms with E-state index in [1.165, 1.54) is 6.26 Å². The van der Waals surface area contributed by atoms with E-state index in [4.69, 9.17) is 20.3 Å². The summed E-state index contributed by atoms with van der Waals surface area (Å²) in [7, 11) is 0. The molecule has 0 fully saturated rings. The Hall–Kier alpha value is -2.78. The van der Waals surface area contributed by atoms with Gasteiger partial charge < -0.3 is 9.15 Å². The van der Waals surface area contributed by atoms with Crippen LogP contribution in [0.15, 0.2) is 41.0 Å². The zero-order valence-electron chi connectivity index (χ0n) is 9.92. The third-order valence-corrected chi connectivity index (χ3v) is 2.44. The highest BCUT2D eigenvalue weighted by Crippen LogP contribution is 2.17. The Labute approximate surface area is 109 Å². The SMILES string of the molecule is N#Cc1cccc(OCc2ccoc2C(=O)NN)c1. The van der Waals surface area contributed by atoms with Gasteiger partial charge in [0.05, 0.1) is 17.9 Å². The number of nitrogen functional groups attached to an aromatic ring is 1. The molecule has 1 aromatic heterocycles. The van der Waals surface area contributed by atoms with Crippen LogP contribution in [0.3, 0.4) is 0 Å². The van der Waals surface area contributed by atoms with Crippen LogP contribution in [0, 0.1) is 11.3 Å². The fourth-order valence-corrected chi connectivity index (χ4v) is 1.53. The van der Waals surface area contributed by atoms with Crippen molar-refractivity contribution in [1.82, 2.24) is 5.43 Å². The van der Waals surface area contributed by atoms with Gasteiger partial charge in [0.1, 0.15) is 12.4 Å². The molecule has 0 bridgehead atoms. The van der Waals surface area contributed by atoms with Crippen molar-refractivity contribution in [3.05, 3.63) is 53.5 Å². The number of carbonyl (C=O) groups is 1. The number of carbonyl (C=O) groups excluding carboxylic acids is 1. The summed E-state index contributed by atoms with van der Waals surface area (Å²) < 4.78 is 10.5. The van der Waals surface area contributed by atoms with Crippen LogP contribution in [0.4, 0.5) is 0 Å². The first-order valence-corrected chi connectivity index (χ1v) is 5.45. The average Bonchev–Trinajstić information content (AvgIpc) is 2.93. The van der Waals surface area contributed by atoms with E-state index in [1.54, 1.807) is 30.3 Å². The van der Waals surface area contributed by atoms with Crippen LogP contribution in [-0.2, 0) is 6.61 Å². The highest BCUT2D eigenvalue weighted by atomic mass is 16.5. The summed E-state index contributed by atoms with van der Waals surface area (Å²) in [5.74, 6) is 5.17. The highest BCUT2D eigenvalue weighted by Gasteiger charge is 2.14. The molecule has 96 valence electrons. The van der Waals surface area contributed by atoms with Crippen LogP contribution >= 0.6 is 0 Å². The minimum Gasteiger partial charge on any atom is -0.489 e. The topological polar surface area (TPSA) is 101 Å². The highest BCUT2D eigenvalue weighted by molar-refractivity contribution is 5.92. The van der Waals surface area contributed by atoms with Crippen molar-refractivity contribution in [1.29, 1.82) is 5.26 Å². The predicted molar refractivity (Wildman–Crippen MR) is 65.9 cm³/mol. The Morgan fingerprint density at radius 1 is 1.47 bits per heavy atom. The summed E-state index contributed by atoms with van der Waals surface area (Å²) in [5, 5.41) is 8.78. The van der Waals surface area contributed by atoms with Gasteiger partial charge >= 0.3 is 5.91 Å². The Morgan fingerprint density at radius 3 is 3.05 bits per heavy atom. The summed E-state index contributed by atoms with van der Waals surface area (Å²) in [6.45, 7) is 0.147. The predicted octanol–water partition coefficient (Wildman–Crippen LogP) is 1.33. The quantitative estimate of drug-likeness (QED) is 0.489. The molecular formula is C13H11N3O3. The van der Waals surface area contributed by atoms with Crippen molar-refractivity contribution in [3.63, 3.8) is 0 Å². The van der Waals surface area contributed by atoms with E-state index in [-0.39, 0.29) is 12.4 Å². The molecule has 0 atom stereocenters. The molecule has 0 saturated heterocycles. The molecule has 0 aliphatic rings. The number of hydrazine groups is 1. The van der Waals surface area contributed by atoms with Crippen LogP contribution in [0.25, 0.3) is 0 Å². The Balaban J connectivity index is 2.09. The van der Waals surface area contributed by atoms with E-state index < -0.39 is 5.91 Å². The van der Waals surface area contributed by atoms with Crippen molar-refractivity contribution < 1.29 is 13.9 Å². The summed E-state index contributed by atoms with van der Waals surface area (Å²) in [4.78, 5) is 11.4. The lowest BCUT2D eigenvalue weighted by Crippen LogP contribution is -2.30. The number of hydrogen-bond acceptors (Lipinski definition) is 5. The number of amides is 1. The van der Waals surface area contributed by atoms with E-state index in [2.05, 4.69) is 0 Å². The summed E-state index contributed by atoms with van der Waals surface area (Å²) >= 11 is 0. The first-order valence-electron chi connectivity index (χ1n) is 5.45. The van der Waals surface area contributed by atoms with Gasteiger partial charge in [0, 0.05) is 5.56 Å². The van der Waals surface area contributed by atoms with Gasteiger partial charge in [-0.2, -0.15) is 5.26 Å². The smallest absolute Gasteiger partial charge is 0.301 e. The largest absolute Gasteiger partial charge is 0.489 e. The van der Waals surface area contributed by atoms with Gasteiger partial charge in [-0.15, -0.1) is 0 Å². The lowest BCUT2D eigenvalue weighted by Gasteiger charge is -2.06. The number of furan rings is 1. The second-order valence-corrected chi connectivity index (χ2v) is 3.68. The summed E-state index contributed by atoms with van der Waals surface area (Å²) in [6.07, 6.45) is 1.38. The van der Waals surface area contributed by atoms with Gasteiger partial charge in [0.25, 0.3) is 0 Å². The molecule has 6 heteroatoms. The van der Waals surface area contributed by atoms with Crippen LogP contribution < -0.4 is 16.0 Å². The molecule has 2 aromatic rings. The Morgan fingerprint density at radius 2 is 2.32 bits per heavy atom. The number of nitrogens with zero attached hydrogens (tertiary/aromatic N) is 1. The van der Waals surface area contributed by atoms with Crippen LogP contribution in [0.2, 0.25) is 0 Å². The fraction of sp³-hybridized carbons (Fsp3) is 0.0769. The molecule has 1 aromatic carbocycles. The maximum Gasteiger partial charge on any atom is 0.301 e. The van der Waals surface area contributed by atoms with Crippen LogP contribution in [0.5, 0.6) is 5.75 Å². The molecule has 1 amide bonds. The van der Waals surface area contributed by atoms with Gasteiger partial charge in [-0.25, -0.2) is 5.84 Å². The average molecular weight is 257 g/mol. The van der Waals surface area contributed by atoms with Crippen molar-refractivity contribution >= 4 is 5.91 Å². The maximum absolute atomic E-state index is 11.4. The molecule has 0 aliphatic carbocycles. The summed E-state index contributed by atoms with van der Waals surface area (Å²) in [6, 6.07) is 10.4. The molecule has 0 aliphatic heterocycles. The number of nitrogens with two attached hydrogens (primary N) is 1. The van der Waals surface area contributed by atoms with Crippen molar-refractivity contribution in [2.24, 2.45) is 5.84 Å². The number of nitrogens with one attached hydrogen (secondary N) is 1. The lowest BCUT2D eigenvalue weighted by atomic mass is 10.2. The monoisotopic (exact) mass is 257 g/mol. The minimum atomic E-state index is -0.519. The van der Waals surface area contributed by atoms with Crippen LogP contribution in [-0.4, -0.2) is 5.91 Å². The molecule has 0 radical (unpaired) electrons. The van der Waals surface area contributed by atoms with Crippen molar-refractivity contribution in [3.8, 4) is 11.8 Å². The molecule has 0 spiro atoms. The number of rotatable bonds is 4. The standard InChI is InChI=1S/C13H11N3O3/c14-7-9-2-1-3-11(6-9)19-8-10-4-5-18-12(10)13(17)16-15/h1-6H,8,15H2,(H,16,17). The van der Waals surface area contributed by atoms with Gasteiger partial charge in [0.15, 0.2) is 5.76 Å². The zero-order chi connectivity index (χ0) is 13.7. The van der Waals surface area contributed by atoms with E-state index in [0.717, 1.165) is 0 Å². The molecule has 6 nitrogen and oxygen atoms in total. The summed E-state index contributed by atoms with van der Waals surface area (Å²) in [5.41, 5.74) is 3.07. The van der Waals surface area contributed by atoms with Gasteiger partial charge in [-0.3, -0.25) is 10.2 Å². The zero-order valence-corrected chi connectivity index (χ0v) is 9.92. The third-order valence-electron chi connectivity index (χ3n) is 2.44. The molecule has 2 rings (SSSR count). The Kier molecular flexibility index (Phi) is 3.81.